The van der Waals surface area contributed by atoms with Crippen molar-refractivity contribution in [2.24, 2.45) is 16.7 Å². The summed E-state index contributed by atoms with van der Waals surface area (Å²) in [6, 6.07) is 7.91. The minimum atomic E-state index is -2.30. The van der Waals surface area contributed by atoms with Gasteiger partial charge in [0.05, 0.1) is 23.5 Å². The maximum absolute atomic E-state index is 15.4. The fourth-order valence-electron chi connectivity index (χ4n) is 8.26. The molecule has 1 aromatic carbocycles. The van der Waals surface area contributed by atoms with Crippen LogP contribution in [0.15, 0.2) is 41.5 Å². The molecule has 0 spiro atoms. The van der Waals surface area contributed by atoms with Gasteiger partial charge in [-0.25, -0.2) is 9.59 Å². The van der Waals surface area contributed by atoms with Crippen molar-refractivity contribution in [3.05, 3.63) is 47.0 Å². The van der Waals surface area contributed by atoms with Crippen LogP contribution in [0.2, 0.25) is 0 Å². The molecule has 266 valence electrons. The number of allylic oxidation sites excluding steroid dienone is 1. The molecule has 1 saturated heterocycles. The molecular weight excluding hydrogens is 640 g/mol. The van der Waals surface area contributed by atoms with Crippen LogP contribution in [0.25, 0.3) is 0 Å². The SMILES string of the molecule is CC(=O)O[C@H]1C(=O)[C@]2(C)[C@@H](OC(=O)OC(C)(C)C)C[C@H]3OC[C@@]3(OC(C)=O)[C@H]2[C@H](OC(=O)c2ccccc2)[C@]2(O)CC(=O)C(C)=C1C2(C)C. The number of fused-ring (bicyclic) bond motifs is 5. The average molecular weight is 685 g/mol. The van der Waals surface area contributed by atoms with Crippen LogP contribution in [0.1, 0.15) is 85.5 Å². The van der Waals surface area contributed by atoms with E-state index < -0.39 is 100 Å². The van der Waals surface area contributed by atoms with Crippen molar-refractivity contribution in [2.75, 3.05) is 6.61 Å². The summed E-state index contributed by atoms with van der Waals surface area (Å²) in [5.41, 5.74) is -8.40. The number of carbonyl (C=O) groups is 6. The average Bonchev–Trinajstić information content (AvgIpc) is 2.97. The quantitative estimate of drug-likeness (QED) is 0.350. The molecule has 0 aromatic heterocycles. The van der Waals surface area contributed by atoms with Gasteiger partial charge in [-0.1, -0.05) is 32.0 Å². The predicted molar refractivity (Wildman–Crippen MR) is 169 cm³/mol. The Morgan fingerprint density at radius 3 is 2.10 bits per heavy atom. The minimum Gasteiger partial charge on any atom is -0.455 e. The van der Waals surface area contributed by atoms with Crippen molar-refractivity contribution in [1.29, 1.82) is 0 Å². The number of ketones is 2. The molecular formula is C36H44O13. The lowest BCUT2D eigenvalue weighted by atomic mass is 9.44. The molecule has 5 rings (SSSR count). The summed E-state index contributed by atoms with van der Waals surface area (Å²) < 4.78 is 35.3. The molecule has 49 heavy (non-hydrogen) atoms. The molecule has 2 bridgehead atoms. The summed E-state index contributed by atoms with van der Waals surface area (Å²) in [7, 11) is 0. The van der Waals surface area contributed by atoms with Crippen LogP contribution in [-0.2, 0) is 47.6 Å². The van der Waals surface area contributed by atoms with E-state index in [0.29, 0.717) is 0 Å². The molecule has 2 saturated carbocycles. The number of esters is 3. The van der Waals surface area contributed by atoms with Crippen LogP contribution in [-0.4, -0.2) is 88.6 Å². The van der Waals surface area contributed by atoms with E-state index in [1.165, 1.54) is 26.0 Å². The Morgan fingerprint density at radius 2 is 1.57 bits per heavy atom. The standard InChI is InChI=1S/C36H44O13/c1-18-22(39)16-36(43)29(47-30(41)21-13-11-10-12-14-21)27-34(9,28(40)26(45-19(2)37)25(18)33(36,7)8)23(46-31(42)49-32(4,5)6)15-24-35(27,17-44-24)48-20(3)38/h10-14,23-24,26-27,29,43H,15-17H2,1-9H3/t23-,24+,26+,27-,29-,34+,35-,36+/m0/s1. The van der Waals surface area contributed by atoms with E-state index in [1.807, 2.05) is 0 Å². The van der Waals surface area contributed by atoms with Gasteiger partial charge in [0.25, 0.3) is 0 Å². The number of aliphatic hydroxyl groups is 1. The lowest BCUT2D eigenvalue weighted by Crippen LogP contribution is -2.82. The normalized spacial score (nSPS) is 34.9. The maximum atomic E-state index is 15.4. The van der Waals surface area contributed by atoms with Gasteiger partial charge in [-0.15, -0.1) is 0 Å². The van der Waals surface area contributed by atoms with Crippen molar-refractivity contribution in [1.82, 2.24) is 0 Å². The fourth-order valence-corrected chi connectivity index (χ4v) is 8.26. The van der Waals surface area contributed by atoms with Crippen LogP contribution in [0.5, 0.6) is 0 Å². The highest BCUT2D eigenvalue weighted by Crippen LogP contribution is 2.64. The second kappa shape index (κ2) is 12.0. The van der Waals surface area contributed by atoms with E-state index in [4.69, 9.17) is 28.4 Å². The number of hydrogen-bond donors (Lipinski definition) is 1. The molecule has 0 radical (unpaired) electrons. The third-order valence-corrected chi connectivity index (χ3v) is 10.6. The highest BCUT2D eigenvalue weighted by molar-refractivity contribution is 6.03. The smallest absolute Gasteiger partial charge is 0.455 e. The molecule has 13 nitrogen and oxygen atoms in total. The molecule has 1 aromatic rings. The molecule has 0 unspecified atom stereocenters. The van der Waals surface area contributed by atoms with Gasteiger partial charge in [-0.05, 0) is 57.9 Å². The van der Waals surface area contributed by atoms with Crippen molar-refractivity contribution in [2.45, 2.75) is 116 Å². The van der Waals surface area contributed by atoms with Gasteiger partial charge in [-0.3, -0.25) is 19.2 Å². The van der Waals surface area contributed by atoms with Gasteiger partial charge >= 0.3 is 24.1 Å². The van der Waals surface area contributed by atoms with Crippen LogP contribution in [0.3, 0.4) is 0 Å². The number of rotatable bonds is 5. The lowest BCUT2D eigenvalue weighted by Gasteiger charge is -2.67. The van der Waals surface area contributed by atoms with Gasteiger partial charge in [0.2, 0.25) is 0 Å². The first kappa shape index (κ1) is 36.2. The first-order valence-electron chi connectivity index (χ1n) is 16.3. The summed E-state index contributed by atoms with van der Waals surface area (Å²) in [5, 5.41) is 13.1. The number of ether oxygens (including phenoxy) is 6. The Kier molecular flexibility index (Phi) is 8.90. The van der Waals surface area contributed by atoms with Gasteiger partial charge < -0.3 is 33.5 Å². The van der Waals surface area contributed by atoms with Crippen LogP contribution in [0, 0.1) is 16.7 Å². The van der Waals surface area contributed by atoms with Gasteiger partial charge in [0.15, 0.2) is 23.3 Å². The second-order valence-corrected chi connectivity index (χ2v) is 15.1. The Bertz CT molecular complexity index is 1620. The maximum Gasteiger partial charge on any atom is 0.509 e. The fraction of sp³-hybridized carbons (Fsp3) is 0.611. The minimum absolute atomic E-state index is 0.0106. The Balaban J connectivity index is 1.85. The van der Waals surface area contributed by atoms with E-state index >= 15 is 4.79 Å². The van der Waals surface area contributed by atoms with E-state index in [0.717, 1.165) is 13.8 Å². The third-order valence-electron chi connectivity index (χ3n) is 10.6. The largest absolute Gasteiger partial charge is 0.509 e. The molecule has 13 heteroatoms. The molecule has 4 aliphatic rings. The molecule has 1 heterocycles. The monoisotopic (exact) mass is 684 g/mol. The van der Waals surface area contributed by atoms with Crippen molar-refractivity contribution in [3.8, 4) is 0 Å². The summed E-state index contributed by atoms with van der Waals surface area (Å²) in [6.07, 6.45) is -7.82. The van der Waals surface area contributed by atoms with E-state index in [2.05, 4.69) is 0 Å². The molecule has 0 amide bonds. The highest BCUT2D eigenvalue weighted by Gasteiger charge is 2.79. The second-order valence-electron chi connectivity index (χ2n) is 15.1. The summed E-state index contributed by atoms with van der Waals surface area (Å²) >= 11 is 0. The van der Waals surface area contributed by atoms with Gasteiger partial charge in [0, 0.05) is 32.1 Å². The van der Waals surface area contributed by atoms with Crippen LogP contribution < -0.4 is 0 Å². The van der Waals surface area contributed by atoms with Crippen molar-refractivity contribution < 1.29 is 62.3 Å². The zero-order valence-electron chi connectivity index (χ0n) is 29.2. The number of Topliss-reactive ketones (excluding diaryl/α,β-unsaturated/α-hetero) is 2. The molecule has 3 aliphatic carbocycles. The highest BCUT2D eigenvalue weighted by atomic mass is 16.7. The molecule has 8 atom stereocenters. The van der Waals surface area contributed by atoms with E-state index in [1.54, 1.807) is 52.8 Å². The Hall–Kier alpha value is -4.10. The van der Waals surface area contributed by atoms with Gasteiger partial charge in [-0.2, -0.15) is 0 Å². The lowest BCUT2D eigenvalue weighted by molar-refractivity contribution is -0.344. The van der Waals surface area contributed by atoms with E-state index in [9.17, 15) is 29.1 Å². The van der Waals surface area contributed by atoms with Gasteiger partial charge in [0.1, 0.15) is 29.5 Å². The van der Waals surface area contributed by atoms with Crippen molar-refractivity contribution >= 4 is 35.6 Å². The van der Waals surface area contributed by atoms with Crippen LogP contribution in [0.4, 0.5) is 4.79 Å². The predicted octanol–water partition coefficient (Wildman–Crippen LogP) is 3.82. The topological polar surface area (TPSA) is 178 Å². The first-order valence-corrected chi connectivity index (χ1v) is 16.3. The number of hydrogen-bond acceptors (Lipinski definition) is 13. The summed E-state index contributed by atoms with van der Waals surface area (Å²) in [5.74, 6) is -5.43. The molecule has 1 N–H and O–H groups in total. The Morgan fingerprint density at radius 1 is 0.939 bits per heavy atom. The first-order chi connectivity index (χ1) is 22.6. The number of carbonyl (C=O) groups excluding carboxylic acids is 6. The van der Waals surface area contributed by atoms with Crippen LogP contribution >= 0.6 is 0 Å². The molecule has 3 fully saturated rings. The summed E-state index contributed by atoms with van der Waals surface area (Å²) in [6.45, 7) is 12.9. The third kappa shape index (κ3) is 5.74. The number of benzene rings is 1. The Labute approximate surface area is 284 Å². The van der Waals surface area contributed by atoms with Crippen molar-refractivity contribution in [3.63, 3.8) is 0 Å². The van der Waals surface area contributed by atoms with E-state index in [-0.39, 0.29) is 29.7 Å². The summed E-state index contributed by atoms with van der Waals surface area (Å²) in [4.78, 5) is 81.9. The zero-order chi connectivity index (χ0) is 36.5. The molecule has 1 aliphatic heterocycles. The zero-order valence-corrected chi connectivity index (χ0v) is 29.2.